The molecule has 0 saturated heterocycles. The third-order valence-electron chi connectivity index (χ3n) is 2.71. The van der Waals surface area contributed by atoms with Gasteiger partial charge in [-0.25, -0.2) is 14.4 Å². The van der Waals surface area contributed by atoms with Gasteiger partial charge in [0.15, 0.2) is 6.10 Å². The number of hydrogen-bond donors (Lipinski definition) is 0. The molecule has 0 N–H and O–H groups in total. The molecule has 0 spiro atoms. The Morgan fingerprint density at radius 1 is 1.17 bits per heavy atom. The Bertz CT molecular complexity index is 588. The van der Waals surface area contributed by atoms with Crippen LogP contribution in [-0.4, -0.2) is 30.6 Å². The zero-order chi connectivity index (χ0) is 17.4. The van der Waals surface area contributed by atoms with Crippen molar-refractivity contribution in [1.82, 2.24) is 0 Å². The van der Waals surface area contributed by atoms with E-state index in [2.05, 4.69) is 6.58 Å². The lowest BCUT2D eigenvalue weighted by atomic mass is 10.2. The van der Waals surface area contributed by atoms with Gasteiger partial charge < -0.3 is 14.2 Å². The van der Waals surface area contributed by atoms with Crippen LogP contribution < -0.4 is 4.74 Å². The second-order valence-electron chi connectivity index (χ2n) is 4.91. The highest BCUT2D eigenvalue weighted by atomic mass is 16.6. The number of rotatable bonds is 7. The smallest absolute Gasteiger partial charge is 0.352 e. The summed E-state index contributed by atoms with van der Waals surface area (Å²) in [7, 11) is 0. The Morgan fingerprint density at radius 2 is 1.78 bits per heavy atom. The Morgan fingerprint density at radius 3 is 2.30 bits per heavy atom. The minimum Gasteiger partial charge on any atom is -0.462 e. The van der Waals surface area contributed by atoms with Crippen LogP contribution >= 0.6 is 0 Å². The number of ether oxygens (including phenoxy) is 3. The molecule has 1 aromatic carbocycles. The van der Waals surface area contributed by atoms with Crippen LogP contribution in [0.1, 0.15) is 37.6 Å². The fourth-order valence-corrected chi connectivity index (χ4v) is 1.45. The molecule has 23 heavy (non-hydrogen) atoms. The van der Waals surface area contributed by atoms with Gasteiger partial charge in [0, 0.05) is 5.57 Å². The molecule has 124 valence electrons. The maximum Gasteiger partial charge on any atom is 0.352 e. The van der Waals surface area contributed by atoms with Crippen LogP contribution in [0.25, 0.3) is 0 Å². The molecule has 1 aromatic rings. The van der Waals surface area contributed by atoms with E-state index in [-0.39, 0.29) is 11.3 Å². The van der Waals surface area contributed by atoms with Crippen molar-refractivity contribution in [3.8, 4) is 5.75 Å². The number of carbonyl (C=O) groups excluding carboxylic acids is 3. The molecule has 6 heteroatoms. The van der Waals surface area contributed by atoms with Crippen molar-refractivity contribution in [2.45, 2.75) is 33.3 Å². The summed E-state index contributed by atoms with van der Waals surface area (Å²) in [6.45, 7) is 8.56. The van der Waals surface area contributed by atoms with Crippen LogP contribution in [0, 0.1) is 0 Å². The van der Waals surface area contributed by atoms with Gasteiger partial charge in [0.2, 0.25) is 0 Å². The number of carbonyl (C=O) groups is 3. The number of hydrogen-bond acceptors (Lipinski definition) is 6. The fraction of sp³-hybridized carbons (Fsp3) is 0.353. The van der Waals surface area contributed by atoms with Gasteiger partial charge in [0.1, 0.15) is 5.75 Å². The minimum absolute atomic E-state index is 0.194. The van der Waals surface area contributed by atoms with Crippen molar-refractivity contribution in [2.24, 2.45) is 0 Å². The van der Waals surface area contributed by atoms with Gasteiger partial charge in [0.05, 0.1) is 12.2 Å². The first-order valence-corrected chi connectivity index (χ1v) is 7.20. The van der Waals surface area contributed by atoms with Gasteiger partial charge in [-0.3, -0.25) is 0 Å². The van der Waals surface area contributed by atoms with E-state index in [9.17, 15) is 14.4 Å². The Balaban J connectivity index is 2.60. The molecule has 0 fully saturated rings. The lowest BCUT2D eigenvalue weighted by Gasteiger charge is -2.12. The first-order valence-electron chi connectivity index (χ1n) is 7.20. The molecule has 6 nitrogen and oxygen atoms in total. The first-order chi connectivity index (χ1) is 10.8. The molecule has 0 radical (unpaired) electrons. The van der Waals surface area contributed by atoms with E-state index in [0.717, 1.165) is 6.42 Å². The average Bonchev–Trinajstić information content (AvgIpc) is 2.52. The molecular formula is C17H20O6. The van der Waals surface area contributed by atoms with Crippen molar-refractivity contribution in [3.63, 3.8) is 0 Å². The summed E-state index contributed by atoms with van der Waals surface area (Å²) in [5, 5.41) is 0. The van der Waals surface area contributed by atoms with E-state index in [1.165, 1.54) is 38.1 Å². The maximum atomic E-state index is 11.8. The summed E-state index contributed by atoms with van der Waals surface area (Å²) < 4.78 is 14.9. The Kier molecular flexibility index (Phi) is 6.99. The molecule has 1 rings (SSSR count). The Labute approximate surface area is 135 Å². The van der Waals surface area contributed by atoms with Crippen molar-refractivity contribution in [3.05, 3.63) is 42.0 Å². The van der Waals surface area contributed by atoms with Crippen LogP contribution in [0.5, 0.6) is 5.75 Å². The van der Waals surface area contributed by atoms with Crippen LogP contribution in [0.4, 0.5) is 0 Å². The van der Waals surface area contributed by atoms with Crippen molar-refractivity contribution in [2.75, 3.05) is 6.61 Å². The normalized spacial score (nSPS) is 11.3. The summed E-state index contributed by atoms with van der Waals surface area (Å²) in [5.74, 6) is -1.59. The molecule has 0 aromatic heterocycles. The molecule has 0 bridgehead atoms. The van der Waals surface area contributed by atoms with Gasteiger partial charge in [-0.05, 0) is 44.5 Å². The quantitative estimate of drug-likeness (QED) is 0.436. The summed E-state index contributed by atoms with van der Waals surface area (Å²) in [6.07, 6.45) is -0.323. The SMILES string of the molecule is C=C(C)C(=O)OC(C)C(=O)Oc1ccc(C(=O)OCCC)cc1. The maximum absolute atomic E-state index is 11.8. The van der Waals surface area contributed by atoms with E-state index < -0.39 is 24.0 Å². The van der Waals surface area contributed by atoms with Crippen LogP contribution in [0.2, 0.25) is 0 Å². The highest BCUT2D eigenvalue weighted by Gasteiger charge is 2.20. The third-order valence-corrected chi connectivity index (χ3v) is 2.71. The predicted molar refractivity (Wildman–Crippen MR) is 83.0 cm³/mol. The summed E-state index contributed by atoms with van der Waals surface area (Å²) in [6, 6.07) is 5.91. The van der Waals surface area contributed by atoms with E-state index in [1.807, 2.05) is 6.92 Å². The van der Waals surface area contributed by atoms with Crippen molar-refractivity contribution < 1.29 is 28.6 Å². The molecule has 0 aliphatic heterocycles. The molecule has 0 heterocycles. The Hall–Kier alpha value is -2.63. The minimum atomic E-state index is -1.06. The summed E-state index contributed by atoms with van der Waals surface area (Å²) in [5.41, 5.74) is 0.555. The molecule has 0 aliphatic rings. The lowest BCUT2D eigenvalue weighted by molar-refractivity contribution is -0.158. The fourth-order valence-electron chi connectivity index (χ4n) is 1.45. The van der Waals surface area contributed by atoms with Crippen molar-refractivity contribution in [1.29, 1.82) is 0 Å². The third kappa shape index (κ3) is 5.94. The zero-order valence-corrected chi connectivity index (χ0v) is 13.5. The van der Waals surface area contributed by atoms with Crippen molar-refractivity contribution >= 4 is 17.9 Å². The van der Waals surface area contributed by atoms with Crippen LogP contribution in [0.3, 0.4) is 0 Å². The number of benzene rings is 1. The monoisotopic (exact) mass is 320 g/mol. The second kappa shape index (κ2) is 8.73. The largest absolute Gasteiger partial charge is 0.462 e. The topological polar surface area (TPSA) is 78.9 Å². The standard InChI is InChI=1S/C17H20O6/c1-5-10-21-17(20)13-6-8-14(9-7-13)23-16(19)12(4)22-15(18)11(2)3/h6-9,12H,2,5,10H2,1,3-4H3. The molecule has 1 atom stereocenters. The highest BCUT2D eigenvalue weighted by Crippen LogP contribution is 2.14. The van der Waals surface area contributed by atoms with E-state index in [0.29, 0.717) is 12.2 Å². The average molecular weight is 320 g/mol. The second-order valence-corrected chi connectivity index (χ2v) is 4.91. The van der Waals surface area contributed by atoms with Gasteiger partial charge >= 0.3 is 17.9 Å². The molecule has 1 unspecified atom stereocenters. The summed E-state index contributed by atoms with van der Waals surface area (Å²) >= 11 is 0. The lowest BCUT2D eigenvalue weighted by Crippen LogP contribution is -2.28. The molecule has 0 aliphatic carbocycles. The molecular weight excluding hydrogens is 300 g/mol. The van der Waals surface area contributed by atoms with Gasteiger partial charge in [-0.15, -0.1) is 0 Å². The van der Waals surface area contributed by atoms with Crippen LogP contribution in [0.15, 0.2) is 36.4 Å². The van der Waals surface area contributed by atoms with Crippen LogP contribution in [-0.2, 0) is 19.1 Å². The molecule has 0 saturated carbocycles. The van der Waals surface area contributed by atoms with Gasteiger partial charge in [-0.2, -0.15) is 0 Å². The summed E-state index contributed by atoms with van der Waals surface area (Å²) in [4.78, 5) is 34.8. The van der Waals surface area contributed by atoms with Gasteiger partial charge in [0.25, 0.3) is 0 Å². The van der Waals surface area contributed by atoms with E-state index >= 15 is 0 Å². The zero-order valence-electron chi connectivity index (χ0n) is 13.5. The first kappa shape index (κ1) is 18.4. The highest BCUT2D eigenvalue weighted by molar-refractivity contribution is 5.90. The number of esters is 3. The predicted octanol–water partition coefficient (Wildman–Crippen LogP) is 2.67. The van der Waals surface area contributed by atoms with E-state index in [1.54, 1.807) is 0 Å². The van der Waals surface area contributed by atoms with Gasteiger partial charge in [-0.1, -0.05) is 13.5 Å². The molecule has 0 amide bonds. The van der Waals surface area contributed by atoms with E-state index in [4.69, 9.17) is 14.2 Å².